The summed E-state index contributed by atoms with van der Waals surface area (Å²) < 4.78 is 67.1. The summed E-state index contributed by atoms with van der Waals surface area (Å²) in [6, 6.07) is 21.2. The molecule has 41 heavy (non-hydrogen) atoms. The number of nitrogens with one attached hydrogen (secondary N) is 3. The van der Waals surface area contributed by atoms with Gasteiger partial charge in [-0.05, 0) is 85.8 Å². The first-order valence-electron chi connectivity index (χ1n) is 12.2. The van der Waals surface area contributed by atoms with E-state index in [4.69, 9.17) is 9.47 Å². The standard InChI is InChI=1S/C28H27N3O8S2/c1-3-39-21-12-14-22(15-13-21)40(34,35)31-25-7-5-4-6-24(25)28(33)29-26-18-23(16-17-27(26)32)41(36,37)30-19-8-10-20(38-2)11-9-19/h4-18,30-32H,3H2,1-2H3,(H,29,33). The van der Waals surface area contributed by atoms with Crippen LogP contribution in [0.3, 0.4) is 0 Å². The lowest BCUT2D eigenvalue weighted by atomic mass is 10.1. The molecule has 4 aromatic carbocycles. The van der Waals surface area contributed by atoms with Gasteiger partial charge in [-0.25, -0.2) is 16.8 Å². The van der Waals surface area contributed by atoms with Crippen LogP contribution in [0.4, 0.5) is 17.1 Å². The molecule has 1 amide bonds. The fourth-order valence-electron chi connectivity index (χ4n) is 3.70. The van der Waals surface area contributed by atoms with E-state index in [1.54, 1.807) is 18.2 Å². The molecule has 4 aromatic rings. The van der Waals surface area contributed by atoms with E-state index in [9.17, 15) is 26.7 Å². The van der Waals surface area contributed by atoms with Crippen molar-refractivity contribution < 1.29 is 36.2 Å². The number of carbonyl (C=O) groups excluding carboxylic acids is 1. The Morgan fingerprint density at radius 1 is 0.756 bits per heavy atom. The van der Waals surface area contributed by atoms with Gasteiger partial charge in [0.25, 0.3) is 26.0 Å². The fraction of sp³-hybridized carbons (Fsp3) is 0.107. The van der Waals surface area contributed by atoms with Crippen LogP contribution in [0.15, 0.2) is 101 Å². The molecule has 0 fully saturated rings. The molecule has 0 aliphatic rings. The Bertz CT molecular complexity index is 1760. The third-order valence-corrected chi connectivity index (χ3v) is 8.49. The van der Waals surface area contributed by atoms with E-state index in [0.717, 1.165) is 12.1 Å². The summed E-state index contributed by atoms with van der Waals surface area (Å²) in [5.74, 6) is -0.128. The van der Waals surface area contributed by atoms with Gasteiger partial charge < -0.3 is 19.9 Å². The zero-order valence-electron chi connectivity index (χ0n) is 22.0. The lowest BCUT2D eigenvalue weighted by Crippen LogP contribution is -2.19. The molecule has 0 unspecified atom stereocenters. The molecule has 0 aromatic heterocycles. The normalized spacial score (nSPS) is 11.4. The number of ether oxygens (including phenoxy) is 2. The molecule has 4 rings (SSSR count). The number of para-hydroxylation sites is 1. The Labute approximate surface area is 237 Å². The second-order valence-corrected chi connectivity index (χ2v) is 11.9. The number of phenols is 1. The van der Waals surface area contributed by atoms with Crippen molar-refractivity contribution in [1.82, 2.24) is 0 Å². The van der Waals surface area contributed by atoms with Gasteiger partial charge in [-0.1, -0.05) is 12.1 Å². The van der Waals surface area contributed by atoms with Crippen molar-refractivity contribution in [3.05, 3.63) is 96.6 Å². The number of phenolic OH excluding ortho intramolecular Hbond substituents is 1. The minimum atomic E-state index is -4.10. The van der Waals surface area contributed by atoms with E-state index in [1.807, 2.05) is 6.92 Å². The smallest absolute Gasteiger partial charge is 0.261 e. The monoisotopic (exact) mass is 597 g/mol. The molecule has 0 heterocycles. The van der Waals surface area contributed by atoms with Gasteiger partial charge in [-0.2, -0.15) is 0 Å². The number of amides is 1. The SMILES string of the molecule is CCOc1ccc(S(=O)(=O)Nc2ccccc2C(=O)Nc2cc(S(=O)(=O)Nc3ccc(OC)cc3)ccc2O)cc1. The molecular weight excluding hydrogens is 570 g/mol. The average Bonchev–Trinajstić information content (AvgIpc) is 2.95. The zero-order valence-corrected chi connectivity index (χ0v) is 23.6. The van der Waals surface area contributed by atoms with Gasteiger partial charge in [0, 0.05) is 5.69 Å². The van der Waals surface area contributed by atoms with Crippen molar-refractivity contribution in [3.63, 3.8) is 0 Å². The number of hydrogen-bond donors (Lipinski definition) is 4. The third-order valence-electron chi connectivity index (χ3n) is 5.73. The first-order valence-corrected chi connectivity index (χ1v) is 15.1. The minimum absolute atomic E-state index is 0.0247. The predicted molar refractivity (Wildman–Crippen MR) is 155 cm³/mol. The molecule has 11 nitrogen and oxygen atoms in total. The number of anilines is 3. The highest BCUT2D eigenvalue weighted by molar-refractivity contribution is 7.93. The van der Waals surface area contributed by atoms with Crippen molar-refractivity contribution in [3.8, 4) is 17.2 Å². The number of benzene rings is 4. The van der Waals surface area contributed by atoms with Crippen molar-refractivity contribution in [1.29, 1.82) is 0 Å². The van der Waals surface area contributed by atoms with Crippen LogP contribution < -0.4 is 24.2 Å². The van der Waals surface area contributed by atoms with Crippen molar-refractivity contribution >= 4 is 43.0 Å². The van der Waals surface area contributed by atoms with Crippen LogP contribution in [0, 0.1) is 0 Å². The molecular formula is C28H27N3O8S2. The number of carbonyl (C=O) groups is 1. The summed E-state index contributed by atoms with van der Waals surface area (Å²) in [5.41, 5.74) is -0.00988. The van der Waals surface area contributed by atoms with Crippen LogP contribution >= 0.6 is 0 Å². The molecule has 0 bridgehead atoms. The number of sulfonamides is 2. The molecule has 0 radical (unpaired) electrons. The average molecular weight is 598 g/mol. The lowest BCUT2D eigenvalue weighted by molar-refractivity contribution is 0.102. The van der Waals surface area contributed by atoms with Crippen molar-refractivity contribution in [2.45, 2.75) is 16.7 Å². The van der Waals surface area contributed by atoms with E-state index in [1.165, 1.54) is 67.8 Å². The zero-order chi connectivity index (χ0) is 29.6. The Balaban J connectivity index is 1.55. The molecule has 214 valence electrons. The highest BCUT2D eigenvalue weighted by Gasteiger charge is 2.21. The van der Waals surface area contributed by atoms with Crippen LogP contribution in [-0.2, 0) is 20.0 Å². The van der Waals surface area contributed by atoms with Gasteiger partial charge in [0.15, 0.2) is 0 Å². The maximum atomic E-state index is 13.2. The maximum absolute atomic E-state index is 13.2. The fourth-order valence-corrected chi connectivity index (χ4v) is 5.86. The molecule has 0 aliphatic heterocycles. The van der Waals surface area contributed by atoms with E-state index < -0.39 is 31.7 Å². The quantitative estimate of drug-likeness (QED) is 0.182. The van der Waals surface area contributed by atoms with Gasteiger partial charge in [-0.3, -0.25) is 14.2 Å². The van der Waals surface area contributed by atoms with Crippen LogP contribution in [0.25, 0.3) is 0 Å². The Morgan fingerprint density at radius 2 is 1.37 bits per heavy atom. The summed E-state index contributed by atoms with van der Waals surface area (Å²) in [6.45, 7) is 2.24. The first-order chi connectivity index (χ1) is 19.5. The molecule has 0 atom stereocenters. The second kappa shape index (κ2) is 12.2. The third kappa shape index (κ3) is 7.07. The van der Waals surface area contributed by atoms with E-state index >= 15 is 0 Å². The Hall–Kier alpha value is -4.75. The lowest BCUT2D eigenvalue weighted by Gasteiger charge is -2.15. The summed E-state index contributed by atoms with van der Waals surface area (Å²) in [6.07, 6.45) is 0. The number of aromatic hydroxyl groups is 1. The molecule has 13 heteroatoms. The van der Waals surface area contributed by atoms with Gasteiger partial charge >= 0.3 is 0 Å². The Kier molecular flexibility index (Phi) is 8.69. The number of hydrogen-bond acceptors (Lipinski definition) is 8. The summed E-state index contributed by atoms with van der Waals surface area (Å²) in [5, 5.41) is 12.8. The number of rotatable bonds is 11. The number of methoxy groups -OCH3 is 1. The molecule has 0 aliphatic carbocycles. The predicted octanol–water partition coefficient (Wildman–Crippen LogP) is 4.65. The topological polar surface area (TPSA) is 160 Å². The molecule has 0 spiro atoms. The van der Waals surface area contributed by atoms with Crippen LogP contribution in [0.2, 0.25) is 0 Å². The largest absolute Gasteiger partial charge is 0.506 e. The van der Waals surface area contributed by atoms with Gasteiger partial charge in [0.1, 0.15) is 17.2 Å². The molecule has 0 saturated carbocycles. The van der Waals surface area contributed by atoms with E-state index in [2.05, 4.69) is 14.8 Å². The van der Waals surface area contributed by atoms with E-state index in [0.29, 0.717) is 18.1 Å². The highest BCUT2D eigenvalue weighted by atomic mass is 32.2. The van der Waals surface area contributed by atoms with Crippen LogP contribution in [0.1, 0.15) is 17.3 Å². The van der Waals surface area contributed by atoms with Crippen LogP contribution in [0.5, 0.6) is 17.2 Å². The summed E-state index contributed by atoms with van der Waals surface area (Å²) >= 11 is 0. The van der Waals surface area contributed by atoms with Gasteiger partial charge in [-0.15, -0.1) is 0 Å². The summed E-state index contributed by atoms with van der Waals surface area (Å²) in [4.78, 5) is 12.9. The van der Waals surface area contributed by atoms with Gasteiger partial charge in [0.2, 0.25) is 0 Å². The van der Waals surface area contributed by atoms with E-state index in [-0.39, 0.29) is 32.4 Å². The second-order valence-electron chi connectivity index (χ2n) is 8.52. The molecule has 0 saturated heterocycles. The molecule has 4 N–H and O–H groups in total. The van der Waals surface area contributed by atoms with Crippen molar-refractivity contribution in [2.24, 2.45) is 0 Å². The summed E-state index contributed by atoms with van der Waals surface area (Å²) in [7, 11) is -6.68. The first kappa shape index (κ1) is 29.2. The maximum Gasteiger partial charge on any atom is 0.261 e. The highest BCUT2D eigenvalue weighted by Crippen LogP contribution is 2.30. The van der Waals surface area contributed by atoms with Crippen LogP contribution in [-0.4, -0.2) is 41.6 Å². The minimum Gasteiger partial charge on any atom is -0.506 e. The Morgan fingerprint density at radius 3 is 2.02 bits per heavy atom. The van der Waals surface area contributed by atoms with Gasteiger partial charge in [0.05, 0.1) is 40.4 Å². The van der Waals surface area contributed by atoms with Crippen molar-refractivity contribution in [2.75, 3.05) is 28.5 Å².